The number of ether oxygens (including phenoxy) is 1. The van der Waals surface area contributed by atoms with Crippen LogP contribution in [0.5, 0.6) is 0 Å². The van der Waals surface area contributed by atoms with Gasteiger partial charge in [-0.2, -0.15) is 0 Å². The first-order chi connectivity index (χ1) is 17.2. The summed E-state index contributed by atoms with van der Waals surface area (Å²) in [5.74, 6) is -1.34. The number of likely N-dealkylation sites (N-methyl/N-ethyl adjacent to an activating group) is 1. The van der Waals surface area contributed by atoms with Crippen molar-refractivity contribution in [3.05, 3.63) is 95.8 Å². The topological polar surface area (TPSA) is 105 Å². The van der Waals surface area contributed by atoms with Crippen molar-refractivity contribution in [1.29, 1.82) is 0 Å². The van der Waals surface area contributed by atoms with Gasteiger partial charge in [0.05, 0.1) is 24.2 Å². The fourth-order valence-electron chi connectivity index (χ4n) is 3.71. The molecule has 0 unspecified atom stereocenters. The molecular weight excluding hydrogens is 485 g/mol. The van der Waals surface area contributed by atoms with Crippen LogP contribution in [0.15, 0.2) is 83.8 Å². The molecule has 3 aromatic carbocycles. The van der Waals surface area contributed by atoms with E-state index in [0.29, 0.717) is 18.9 Å². The molecule has 2 N–H and O–H groups in total. The summed E-state index contributed by atoms with van der Waals surface area (Å²) >= 11 is 0. The third-order valence-corrected chi connectivity index (χ3v) is 7.38. The fraction of sp³-hybridized carbons (Fsp3) is 0.231. The minimum atomic E-state index is -3.70. The highest BCUT2D eigenvalue weighted by Gasteiger charge is 2.29. The van der Waals surface area contributed by atoms with Gasteiger partial charge in [0.1, 0.15) is 11.9 Å². The van der Waals surface area contributed by atoms with E-state index in [1.54, 1.807) is 0 Å². The number of hydrogen-bond acceptors (Lipinski definition) is 5. The second kappa shape index (κ2) is 11.0. The molecule has 0 aromatic heterocycles. The maximum absolute atomic E-state index is 13.3. The first-order valence-corrected chi connectivity index (χ1v) is 12.8. The van der Waals surface area contributed by atoms with Gasteiger partial charge in [0.25, 0.3) is 5.91 Å². The average molecular weight is 512 g/mol. The largest absolute Gasteiger partial charge is 0.378 e. The number of hydrogen-bond donors (Lipinski definition) is 2. The molecule has 3 aromatic rings. The first kappa shape index (κ1) is 25.5. The van der Waals surface area contributed by atoms with E-state index < -0.39 is 33.7 Å². The molecule has 10 heteroatoms. The monoisotopic (exact) mass is 511 g/mol. The van der Waals surface area contributed by atoms with Crippen LogP contribution in [0, 0.1) is 5.82 Å². The van der Waals surface area contributed by atoms with E-state index in [0.717, 1.165) is 5.56 Å². The van der Waals surface area contributed by atoms with Crippen molar-refractivity contribution in [2.75, 3.05) is 25.6 Å². The van der Waals surface area contributed by atoms with E-state index in [2.05, 4.69) is 10.0 Å². The Morgan fingerprint density at radius 1 is 1.00 bits per heavy atom. The van der Waals surface area contributed by atoms with Crippen LogP contribution >= 0.6 is 0 Å². The molecule has 2 amide bonds. The number of nitrogens with zero attached hydrogens (tertiary/aromatic N) is 1. The molecule has 0 spiro atoms. The lowest BCUT2D eigenvalue weighted by Gasteiger charge is -2.28. The summed E-state index contributed by atoms with van der Waals surface area (Å²) in [5.41, 5.74) is 1.49. The molecule has 0 saturated carbocycles. The van der Waals surface area contributed by atoms with E-state index in [1.807, 2.05) is 30.3 Å². The van der Waals surface area contributed by atoms with Crippen molar-refractivity contribution in [3.63, 3.8) is 0 Å². The van der Waals surface area contributed by atoms with Crippen LogP contribution in [-0.2, 0) is 26.0 Å². The number of benzene rings is 3. The van der Waals surface area contributed by atoms with Crippen molar-refractivity contribution in [2.24, 2.45) is 0 Å². The van der Waals surface area contributed by atoms with Crippen LogP contribution in [0.4, 0.5) is 10.1 Å². The van der Waals surface area contributed by atoms with E-state index >= 15 is 0 Å². The van der Waals surface area contributed by atoms with Gasteiger partial charge in [-0.05, 0) is 54.1 Å². The lowest BCUT2D eigenvalue weighted by Crippen LogP contribution is -2.48. The number of carbonyl (C=O) groups excluding carboxylic acids is 2. The Morgan fingerprint density at radius 3 is 2.22 bits per heavy atom. The van der Waals surface area contributed by atoms with Crippen LogP contribution in [0.3, 0.4) is 0 Å². The predicted octanol–water partition coefficient (Wildman–Crippen LogP) is 2.82. The molecule has 0 radical (unpaired) electrons. The van der Waals surface area contributed by atoms with Gasteiger partial charge in [-0.15, -0.1) is 0 Å². The van der Waals surface area contributed by atoms with Gasteiger partial charge < -0.3 is 15.0 Å². The SMILES string of the molecule is CN(C(=O)c1ccc(F)cc1)[C@@H](Cc1ccccc1)C(=O)Nc1ccc(S(=O)(=O)NC2COC2)cc1. The molecule has 4 rings (SSSR count). The number of sulfonamides is 1. The molecule has 1 aliphatic heterocycles. The predicted molar refractivity (Wildman–Crippen MR) is 132 cm³/mol. The first-order valence-electron chi connectivity index (χ1n) is 11.3. The third kappa shape index (κ3) is 6.14. The van der Waals surface area contributed by atoms with Crippen LogP contribution in [0.25, 0.3) is 0 Å². The summed E-state index contributed by atoms with van der Waals surface area (Å²) in [4.78, 5) is 27.8. The molecule has 1 atom stereocenters. The van der Waals surface area contributed by atoms with Gasteiger partial charge >= 0.3 is 0 Å². The number of nitrogens with one attached hydrogen (secondary N) is 2. The molecule has 36 heavy (non-hydrogen) atoms. The van der Waals surface area contributed by atoms with E-state index in [9.17, 15) is 22.4 Å². The fourth-order valence-corrected chi connectivity index (χ4v) is 4.92. The highest BCUT2D eigenvalue weighted by atomic mass is 32.2. The Bertz CT molecular complexity index is 1310. The maximum atomic E-state index is 13.3. The standard InChI is InChI=1S/C26H26FN3O5S/c1-30(26(32)19-7-9-20(27)10-8-19)24(15-18-5-3-2-4-6-18)25(31)28-21-11-13-23(14-12-21)36(33,34)29-22-16-35-17-22/h2-14,22,24,29H,15-17H2,1H3,(H,28,31)/t24-/m0/s1. The van der Waals surface area contributed by atoms with E-state index in [4.69, 9.17) is 4.74 Å². The van der Waals surface area contributed by atoms with Gasteiger partial charge in [0.2, 0.25) is 15.9 Å². The van der Waals surface area contributed by atoms with Crippen molar-refractivity contribution >= 4 is 27.5 Å². The second-order valence-corrected chi connectivity index (χ2v) is 10.2. The minimum absolute atomic E-state index is 0.0665. The second-order valence-electron chi connectivity index (χ2n) is 8.50. The number of amides is 2. The number of halogens is 1. The minimum Gasteiger partial charge on any atom is -0.378 e. The molecular formula is C26H26FN3O5S. The number of anilines is 1. The lowest BCUT2D eigenvalue weighted by atomic mass is 10.0. The van der Waals surface area contributed by atoms with Crippen molar-refractivity contribution in [2.45, 2.75) is 23.4 Å². The lowest BCUT2D eigenvalue weighted by molar-refractivity contribution is -0.120. The Balaban J connectivity index is 1.51. The zero-order chi connectivity index (χ0) is 25.7. The molecule has 0 bridgehead atoms. The van der Waals surface area contributed by atoms with Crippen LogP contribution in [0.1, 0.15) is 15.9 Å². The highest BCUT2D eigenvalue weighted by molar-refractivity contribution is 7.89. The third-order valence-electron chi connectivity index (χ3n) is 5.85. The summed E-state index contributed by atoms with van der Waals surface area (Å²) < 4.78 is 45.8. The van der Waals surface area contributed by atoms with Crippen LogP contribution in [0.2, 0.25) is 0 Å². The summed E-state index contributed by atoms with van der Waals surface area (Å²) in [6.45, 7) is 0.667. The number of rotatable bonds is 9. The normalized spacial score (nSPS) is 14.5. The zero-order valence-electron chi connectivity index (χ0n) is 19.6. The zero-order valence-corrected chi connectivity index (χ0v) is 20.4. The smallest absolute Gasteiger partial charge is 0.254 e. The van der Waals surface area contributed by atoms with Crippen molar-refractivity contribution in [3.8, 4) is 0 Å². The van der Waals surface area contributed by atoms with Gasteiger partial charge in [-0.3, -0.25) is 9.59 Å². The van der Waals surface area contributed by atoms with Crippen molar-refractivity contribution in [1.82, 2.24) is 9.62 Å². The molecule has 1 saturated heterocycles. The molecule has 8 nitrogen and oxygen atoms in total. The van der Waals surface area contributed by atoms with Crippen molar-refractivity contribution < 1.29 is 27.1 Å². The average Bonchev–Trinajstić information content (AvgIpc) is 2.85. The Hall–Kier alpha value is -3.60. The molecule has 1 fully saturated rings. The summed E-state index contributed by atoms with van der Waals surface area (Å²) in [7, 11) is -2.19. The summed E-state index contributed by atoms with van der Waals surface area (Å²) in [6, 6.07) is 19.0. The van der Waals surface area contributed by atoms with Crippen LogP contribution < -0.4 is 10.0 Å². The van der Waals surface area contributed by atoms with E-state index in [-0.39, 0.29) is 22.9 Å². The summed E-state index contributed by atoms with van der Waals surface area (Å²) in [5, 5.41) is 2.77. The van der Waals surface area contributed by atoms with Gasteiger partial charge in [-0.1, -0.05) is 30.3 Å². The Labute approximate surface area is 209 Å². The Kier molecular flexibility index (Phi) is 7.78. The van der Waals surface area contributed by atoms with Gasteiger partial charge in [-0.25, -0.2) is 17.5 Å². The van der Waals surface area contributed by atoms with E-state index in [1.165, 1.54) is 60.5 Å². The van der Waals surface area contributed by atoms with Gasteiger partial charge in [0.15, 0.2) is 0 Å². The molecule has 1 heterocycles. The highest BCUT2D eigenvalue weighted by Crippen LogP contribution is 2.18. The Morgan fingerprint density at radius 2 is 1.64 bits per heavy atom. The summed E-state index contributed by atoms with van der Waals surface area (Å²) in [6.07, 6.45) is 0.246. The quantitative estimate of drug-likeness (QED) is 0.460. The molecule has 0 aliphatic carbocycles. The number of carbonyl (C=O) groups is 2. The molecule has 1 aliphatic rings. The maximum Gasteiger partial charge on any atom is 0.254 e. The van der Waals surface area contributed by atoms with Crippen LogP contribution in [-0.4, -0.2) is 57.5 Å². The van der Waals surface area contributed by atoms with Gasteiger partial charge in [0, 0.05) is 24.7 Å². The molecule has 188 valence electrons.